The van der Waals surface area contributed by atoms with E-state index in [4.69, 9.17) is 0 Å². The van der Waals surface area contributed by atoms with Gasteiger partial charge >= 0.3 is 4.87 Å². The van der Waals surface area contributed by atoms with E-state index in [9.17, 15) is 4.79 Å². The van der Waals surface area contributed by atoms with Gasteiger partial charge in [0.1, 0.15) is 0 Å². The minimum Gasteiger partial charge on any atom is -0.317 e. The number of nitrogens with one attached hydrogen (secondary N) is 1. The van der Waals surface area contributed by atoms with Crippen molar-refractivity contribution in [2.24, 2.45) is 0 Å². The maximum atomic E-state index is 11.2. The molecule has 0 atom stereocenters. The number of benzene rings is 1. The van der Waals surface area contributed by atoms with E-state index in [1.165, 1.54) is 16.9 Å². The Morgan fingerprint density at radius 3 is 2.53 bits per heavy atom. The van der Waals surface area contributed by atoms with Gasteiger partial charge in [-0.2, -0.15) is 0 Å². The molecule has 2 rings (SSSR count). The third kappa shape index (κ3) is 3.28. The lowest BCUT2D eigenvalue weighted by atomic mass is 10.2. The van der Waals surface area contributed by atoms with Crippen LogP contribution in [0.3, 0.4) is 0 Å². The van der Waals surface area contributed by atoms with Gasteiger partial charge in [0.25, 0.3) is 0 Å². The zero-order valence-electron chi connectivity index (χ0n) is 10.1. The highest BCUT2D eigenvalue weighted by molar-refractivity contribution is 7.09. The maximum absolute atomic E-state index is 11.2. The third-order valence-corrected chi connectivity index (χ3v) is 3.60. The summed E-state index contributed by atoms with van der Waals surface area (Å²) in [5.41, 5.74) is 2.27. The Bertz CT molecular complexity index is 530. The van der Waals surface area contributed by atoms with Crippen molar-refractivity contribution in [3.05, 3.63) is 56.1 Å². The monoisotopic (exact) mass is 248 g/mol. The van der Waals surface area contributed by atoms with Crippen LogP contribution in [0.2, 0.25) is 0 Å². The molecule has 0 saturated heterocycles. The fourth-order valence-corrected chi connectivity index (χ4v) is 2.70. The Labute approximate surface area is 105 Å². The fourth-order valence-electron chi connectivity index (χ4n) is 1.78. The molecule has 0 amide bonds. The molecule has 3 nitrogen and oxygen atoms in total. The number of thiazole rings is 1. The highest BCUT2D eigenvalue weighted by Crippen LogP contribution is 2.12. The smallest absolute Gasteiger partial charge is 0.304 e. The molecule has 1 heterocycles. The number of aromatic nitrogens is 1. The first-order valence-corrected chi connectivity index (χ1v) is 6.38. The number of rotatable bonds is 4. The Balaban J connectivity index is 2.00. The van der Waals surface area contributed by atoms with E-state index < -0.39 is 0 Å². The summed E-state index contributed by atoms with van der Waals surface area (Å²) in [6.07, 6.45) is 0. The predicted molar refractivity (Wildman–Crippen MR) is 71.3 cm³/mol. The van der Waals surface area contributed by atoms with Gasteiger partial charge in [0.2, 0.25) is 0 Å². The minimum atomic E-state index is 0.0330. The van der Waals surface area contributed by atoms with Crippen LogP contribution in [0.1, 0.15) is 16.1 Å². The van der Waals surface area contributed by atoms with Crippen LogP contribution in [0.5, 0.6) is 0 Å². The molecule has 4 heteroatoms. The van der Waals surface area contributed by atoms with Crippen molar-refractivity contribution < 1.29 is 0 Å². The van der Waals surface area contributed by atoms with Crippen LogP contribution in [-0.4, -0.2) is 16.9 Å². The van der Waals surface area contributed by atoms with Crippen LogP contribution < -0.4 is 4.87 Å². The average molecular weight is 248 g/mol. The molecule has 0 aliphatic heterocycles. The van der Waals surface area contributed by atoms with E-state index in [2.05, 4.69) is 29.1 Å². The largest absolute Gasteiger partial charge is 0.317 e. The van der Waals surface area contributed by atoms with E-state index in [0.717, 1.165) is 23.7 Å². The number of aryl methyl sites for hydroxylation is 1. The molecule has 0 spiro atoms. The topological polar surface area (TPSA) is 36.1 Å². The number of nitrogens with zero attached hydrogens (tertiary/aromatic N) is 1. The van der Waals surface area contributed by atoms with Crippen LogP contribution in [-0.2, 0) is 13.1 Å². The first-order valence-electron chi connectivity index (χ1n) is 5.56. The molecule has 1 aromatic carbocycles. The summed E-state index contributed by atoms with van der Waals surface area (Å²) in [6.45, 7) is 3.65. The molecule has 0 bridgehead atoms. The van der Waals surface area contributed by atoms with E-state index in [-0.39, 0.29) is 4.87 Å². The van der Waals surface area contributed by atoms with Gasteiger partial charge in [0.15, 0.2) is 0 Å². The van der Waals surface area contributed by atoms with Gasteiger partial charge in [-0.05, 0) is 19.5 Å². The van der Waals surface area contributed by atoms with Crippen molar-refractivity contribution in [3.8, 4) is 0 Å². The van der Waals surface area contributed by atoms with Gasteiger partial charge in [-0.25, -0.2) is 0 Å². The van der Waals surface area contributed by atoms with E-state index in [1.807, 2.05) is 25.1 Å². The Hall–Kier alpha value is -1.39. The normalized spacial score (nSPS) is 11.0. The van der Waals surface area contributed by atoms with E-state index in [1.54, 1.807) is 0 Å². The molecule has 0 saturated carbocycles. The summed E-state index contributed by atoms with van der Waals surface area (Å²) in [7, 11) is 2.07. The van der Waals surface area contributed by atoms with Crippen LogP contribution in [0, 0.1) is 6.92 Å². The van der Waals surface area contributed by atoms with Gasteiger partial charge in [-0.15, -0.1) is 0 Å². The van der Waals surface area contributed by atoms with Gasteiger partial charge in [-0.1, -0.05) is 41.7 Å². The molecule has 1 N–H and O–H groups in total. The second kappa shape index (κ2) is 5.29. The van der Waals surface area contributed by atoms with Gasteiger partial charge in [0.05, 0.1) is 0 Å². The van der Waals surface area contributed by atoms with Crippen molar-refractivity contribution in [1.29, 1.82) is 0 Å². The summed E-state index contributed by atoms with van der Waals surface area (Å²) < 4.78 is 0. The van der Waals surface area contributed by atoms with Crippen molar-refractivity contribution in [3.63, 3.8) is 0 Å². The van der Waals surface area contributed by atoms with E-state index in [0.29, 0.717) is 0 Å². The van der Waals surface area contributed by atoms with Crippen molar-refractivity contribution in [2.45, 2.75) is 20.0 Å². The fraction of sp³-hybridized carbons (Fsp3) is 0.308. The van der Waals surface area contributed by atoms with Crippen LogP contribution in [0.25, 0.3) is 0 Å². The van der Waals surface area contributed by atoms with Gasteiger partial charge in [0, 0.05) is 23.7 Å². The summed E-state index contributed by atoms with van der Waals surface area (Å²) in [6, 6.07) is 10.3. The van der Waals surface area contributed by atoms with E-state index >= 15 is 0 Å². The molecule has 0 radical (unpaired) electrons. The first kappa shape index (κ1) is 12.1. The molecule has 90 valence electrons. The third-order valence-electron chi connectivity index (χ3n) is 2.63. The second-order valence-electron chi connectivity index (χ2n) is 4.22. The zero-order valence-corrected chi connectivity index (χ0v) is 10.9. The lowest BCUT2D eigenvalue weighted by molar-refractivity contribution is 0.321. The standard InChI is InChI=1S/C13H16N2OS/c1-10-12(17-13(16)14-10)9-15(2)8-11-6-4-3-5-7-11/h3-7H,8-9H2,1-2H3,(H,14,16). The lowest BCUT2D eigenvalue weighted by Gasteiger charge is -2.15. The molecule has 0 aliphatic carbocycles. The minimum absolute atomic E-state index is 0.0330. The number of hydrogen-bond acceptors (Lipinski definition) is 3. The van der Waals surface area contributed by atoms with Crippen LogP contribution in [0.4, 0.5) is 0 Å². The maximum Gasteiger partial charge on any atom is 0.304 e. The summed E-state index contributed by atoms with van der Waals surface area (Å²) in [4.78, 5) is 17.4. The van der Waals surface area contributed by atoms with Gasteiger partial charge in [-0.3, -0.25) is 9.69 Å². The molecular formula is C13H16N2OS. The molecule has 0 unspecified atom stereocenters. The SMILES string of the molecule is Cc1[nH]c(=O)sc1CN(C)Cc1ccccc1. The summed E-state index contributed by atoms with van der Waals surface area (Å²) in [5, 5.41) is 0. The average Bonchev–Trinajstić information content (AvgIpc) is 2.58. The first-order chi connectivity index (χ1) is 8.15. The predicted octanol–water partition coefficient (Wildman–Crippen LogP) is 2.38. The summed E-state index contributed by atoms with van der Waals surface area (Å²) >= 11 is 1.30. The van der Waals surface area contributed by atoms with Crippen molar-refractivity contribution in [1.82, 2.24) is 9.88 Å². The Kier molecular flexibility index (Phi) is 3.76. The second-order valence-corrected chi connectivity index (χ2v) is 5.29. The summed E-state index contributed by atoms with van der Waals surface area (Å²) in [5.74, 6) is 0. The van der Waals surface area contributed by atoms with Gasteiger partial charge < -0.3 is 4.98 Å². The molecule has 1 aromatic heterocycles. The highest BCUT2D eigenvalue weighted by atomic mass is 32.1. The molecular weight excluding hydrogens is 232 g/mol. The highest BCUT2D eigenvalue weighted by Gasteiger charge is 2.07. The Morgan fingerprint density at radius 2 is 1.94 bits per heavy atom. The Morgan fingerprint density at radius 1 is 1.24 bits per heavy atom. The zero-order chi connectivity index (χ0) is 12.3. The van der Waals surface area contributed by atoms with Crippen molar-refractivity contribution in [2.75, 3.05) is 7.05 Å². The number of aromatic amines is 1. The molecule has 0 aliphatic rings. The number of H-pyrrole nitrogens is 1. The molecule has 2 aromatic rings. The number of hydrogen-bond donors (Lipinski definition) is 1. The molecule has 17 heavy (non-hydrogen) atoms. The molecule has 0 fully saturated rings. The lowest BCUT2D eigenvalue weighted by Crippen LogP contribution is -2.16. The van der Waals surface area contributed by atoms with Crippen LogP contribution >= 0.6 is 11.3 Å². The van der Waals surface area contributed by atoms with Crippen LogP contribution in [0.15, 0.2) is 35.1 Å². The van der Waals surface area contributed by atoms with Crippen molar-refractivity contribution >= 4 is 11.3 Å². The quantitative estimate of drug-likeness (QED) is 0.901.